The monoisotopic (exact) mass is 455 g/mol. The van der Waals surface area contributed by atoms with E-state index in [0.717, 1.165) is 0 Å². The zero-order chi connectivity index (χ0) is 24.6. The summed E-state index contributed by atoms with van der Waals surface area (Å²) >= 11 is 0. The van der Waals surface area contributed by atoms with Crippen molar-refractivity contribution >= 4 is 21.8 Å². The summed E-state index contributed by atoms with van der Waals surface area (Å²) in [7, 11) is 0. The van der Waals surface area contributed by atoms with Crippen LogP contribution in [-0.2, 0) is 0 Å². The van der Waals surface area contributed by atoms with Crippen molar-refractivity contribution in [3.05, 3.63) is 139 Å². The molecule has 35 heavy (non-hydrogen) atoms. The SMILES string of the molecule is CC.Cc1cccc2c3ccccc3n(-c3cccc(-c4ccccc4)c3)c12.Cc1ccccc1. The molecule has 0 amide bonds. The third-order valence-corrected chi connectivity index (χ3v) is 6.05. The van der Waals surface area contributed by atoms with Crippen LogP contribution in [0.4, 0.5) is 0 Å². The molecule has 0 bridgehead atoms. The molecule has 1 aromatic heterocycles. The summed E-state index contributed by atoms with van der Waals surface area (Å²) in [5.74, 6) is 0. The van der Waals surface area contributed by atoms with Crippen LogP contribution in [0.25, 0.3) is 38.6 Å². The number of hydrogen-bond acceptors (Lipinski definition) is 0. The molecule has 6 rings (SSSR count). The molecule has 1 heterocycles. The number of fused-ring (bicyclic) bond motifs is 3. The van der Waals surface area contributed by atoms with Crippen molar-refractivity contribution in [3.63, 3.8) is 0 Å². The lowest BCUT2D eigenvalue weighted by Crippen LogP contribution is -1.95. The van der Waals surface area contributed by atoms with Crippen molar-refractivity contribution in [1.82, 2.24) is 4.57 Å². The van der Waals surface area contributed by atoms with Gasteiger partial charge >= 0.3 is 0 Å². The lowest BCUT2D eigenvalue weighted by atomic mass is 10.1. The molecule has 174 valence electrons. The van der Waals surface area contributed by atoms with Crippen molar-refractivity contribution < 1.29 is 0 Å². The van der Waals surface area contributed by atoms with E-state index >= 15 is 0 Å². The molecule has 0 aliphatic rings. The molecule has 6 aromatic rings. The molecule has 0 N–H and O–H groups in total. The molecule has 5 aromatic carbocycles. The van der Waals surface area contributed by atoms with E-state index < -0.39 is 0 Å². The highest BCUT2D eigenvalue weighted by molar-refractivity contribution is 6.10. The average Bonchev–Trinajstić information content (AvgIpc) is 3.27. The topological polar surface area (TPSA) is 4.93 Å². The minimum absolute atomic E-state index is 1.20. The fourth-order valence-electron chi connectivity index (χ4n) is 4.45. The largest absolute Gasteiger partial charge is 0.309 e. The van der Waals surface area contributed by atoms with Gasteiger partial charge in [-0.1, -0.05) is 129 Å². The molecule has 0 saturated carbocycles. The van der Waals surface area contributed by atoms with Crippen molar-refractivity contribution in [1.29, 1.82) is 0 Å². The molecule has 0 aliphatic heterocycles. The summed E-state index contributed by atoms with van der Waals surface area (Å²) < 4.78 is 2.40. The van der Waals surface area contributed by atoms with E-state index in [1.165, 1.54) is 49.7 Å². The fourth-order valence-corrected chi connectivity index (χ4v) is 4.45. The highest BCUT2D eigenvalue weighted by Crippen LogP contribution is 2.34. The summed E-state index contributed by atoms with van der Waals surface area (Å²) in [6.45, 7) is 8.28. The van der Waals surface area contributed by atoms with E-state index in [-0.39, 0.29) is 0 Å². The predicted octanol–water partition coefficient (Wildman–Crippen LogP) is 9.78. The molecule has 1 heteroatoms. The van der Waals surface area contributed by atoms with Crippen LogP contribution in [0.15, 0.2) is 127 Å². The molecule has 0 spiro atoms. The Balaban J connectivity index is 0.000000275. The first-order valence-corrected chi connectivity index (χ1v) is 12.4. The first-order chi connectivity index (χ1) is 17.2. The van der Waals surface area contributed by atoms with Crippen LogP contribution >= 0.6 is 0 Å². The Kier molecular flexibility index (Phi) is 7.80. The van der Waals surface area contributed by atoms with Gasteiger partial charge in [0.05, 0.1) is 11.0 Å². The van der Waals surface area contributed by atoms with Gasteiger partial charge in [0.2, 0.25) is 0 Å². The van der Waals surface area contributed by atoms with Crippen LogP contribution in [0, 0.1) is 13.8 Å². The Bertz CT molecular complexity index is 1510. The Labute approximate surface area is 209 Å². The van der Waals surface area contributed by atoms with Crippen LogP contribution < -0.4 is 0 Å². The van der Waals surface area contributed by atoms with Crippen LogP contribution in [0.5, 0.6) is 0 Å². The molecule has 0 unspecified atom stereocenters. The van der Waals surface area contributed by atoms with Gasteiger partial charge in [0.25, 0.3) is 0 Å². The third-order valence-electron chi connectivity index (χ3n) is 6.05. The number of nitrogens with zero attached hydrogens (tertiary/aromatic N) is 1. The normalized spacial score (nSPS) is 10.3. The number of benzene rings is 5. The highest BCUT2D eigenvalue weighted by atomic mass is 15.0. The number of para-hydroxylation sites is 2. The van der Waals surface area contributed by atoms with Crippen LogP contribution in [-0.4, -0.2) is 4.57 Å². The quantitative estimate of drug-likeness (QED) is 0.245. The van der Waals surface area contributed by atoms with Gasteiger partial charge in [-0.2, -0.15) is 0 Å². The van der Waals surface area contributed by atoms with Gasteiger partial charge in [0.1, 0.15) is 0 Å². The Morgan fingerprint density at radius 2 is 1.06 bits per heavy atom. The molecular weight excluding hydrogens is 422 g/mol. The molecular formula is C34H33N. The minimum atomic E-state index is 1.20. The highest BCUT2D eigenvalue weighted by Gasteiger charge is 2.13. The summed E-state index contributed by atoms with van der Waals surface area (Å²) in [6, 6.07) is 44.9. The molecule has 0 saturated heterocycles. The van der Waals surface area contributed by atoms with Crippen molar-refractivity contribution in [2.45, 2.75) is 27.7 Å². The maximum atomic E-state index is 2.40. The van der Waals surface area contributed by atoms with Crippen molar-refractivity contribution in [3.8, 4) is 16.8 Å². The second-order valence-electron chi connectivity index (χ2n) is 8.39. The van der Waals surface area contributed by atoms with Crippen LogP contribution in [0.3, 0.4) is 0 Å². The van der Waals surface area contributed by atoms with Crippen LogP contribution in [0.2, 0.25) is 0 Å². The maximum absolute atomic E-state index is 2.40. The van der Waals surface area contributed by atoms with Crippen LogP contribution in [0.1, 0.15) is 25.0 Å². The number of rotatable bonds is 2. The van der Waals surface area contributed by atoms with Gasteiger partial charge in [0.15, 0.2) is 0 Å². The Hall–Kier alpha value is -4.10. The second kappa shape index (κ2) is 11.4. The molecule has 0 fully saturated rings. The first kappa shape index (κ1) is 24.0. The zero-order valence-corrected chi connectivity index (χ0v) is 21.1. The third kappa shape index (κ3) is 5.20. The number of hydrogen-bond donors (Lipinski definition) is 0. The van der Waals surface area contributed by atoms with Crippen molar-refractivity contribution in [2.24, 2.45) is 0 Å². The lowest BCUT2D eigenvalue weighted by Gasteiger charge is -2.11. The second-order valence-corrected chi connectivity index (χ2v) is 8.39. The van der Waals surface area contributed by atoms with Gasteiger partial charge < -0.3 is 4.57 Å². The van der Waals surface area contributed by atoms with Gasteiger partial charge in [-0.3, -0.25) is 0 Å². The molecule has 0 aliphatic carbocycles. The predicted molar refractivity (Wildman–Crippen MR) is 153 cm³/mol. The molecule has 0 atom stereocenters. The fraction of sp³-hybridized carbons (Fsp3) is 0.118. The number of aromatic nitrogens is 1. The summed E-state index contributed by atoms with van der Waals surface area (Å²) in [4.78, 5) is 0. The lowest BCUT2D eigenvalue weighted by molar-refractivity contribution is 1.17. The van der Waals surface area contributed by atoms with Crippen molar-refractivity contribution in [2.75, 3.05) is 0 Å². The van der Waals surface area contributed by atoms with E-state index in [1.807, 2.05) is 32.0 Å². The first-order valence-electron chi connectivity index (χ1n) is 12.4. The van der Waals surface area contributed by atoms with E-state index in [1.54, 1.807) is 0 Å². The smallest absolute Gasteiger partial charge is 0.0570 e. The molecule has 1 nitrogen and oxygen atoms in total. The zero-order valence-electron chi connectivity index (χ0n) is 21.1. The Morgan fingerprint density at radius 3 is 1.74 bits per heavy atom. The van der Waals surface area contributed by atoms with Gasteiger partial charge in [-0.25, -0.2) is 0 Å². The summed E-state index contributed by atoms with van der Waals surface area (Å²) in [6.07, 6.45) is 0. The standard InChI is InChI=1S/C25H19N.C7H8.C2H6/c1-18-9-7-15-23-22-14-5-6-16-24(22)26(25(18)23)21-13-8-12-20(17-21)19-10-3-2-4-11-19;1-7-5-3-2-4-6-7;1-2/h2-17H,1H3;2-6H,1H3;1-2H3. The molecule has 0 radical (unpaired) electrons. The van der Waals surface area contributed by atoms with Gasteiger partial charge in [-0.05, 0) is 48.7 Å². The Morgan fingerprint density at radius 1 is 0.486 bits per heavy atom. The average molecular weight is 456 g/mol. The van der Waals surface area contributed by atoms with Gasteiger partial charge in [-0.15, -0.1) is 0 Å². The van der Waals surface area contributed by atoms with E-state index in [4.69, 9.17) is 0 Å². The summed E-state index contributed by atoms with van der Waals surface area (Å²) in [5, 5.41) is 2.61. The van der Waals surface area contributed by atoms with E-state index in [2.05, 4.69) is 128 Å². The minimum Gasteiger partial charge on any atom is -0.309 e. The maximum Gasteiger partial charge on any atom is 0.0570 e. The number of aryl methyl sites for hydroxylation is 2. The van der Waals surface area contributed by atoms with E-state index in [9.17, 15) is 0 Å². The summed E-state index contributed by atoms with van der Waals surface area (Å²) in [5.41, 5.74) is 8.84. The van der Waals surface area contributed by atoms with Gasteiger partial charge in [0, 0.05) is 16.5 Å². The van der Waals surface area contributed by atoms with E-state index in [0.29, 0.717) is 0 Å².